The first kappa shape index (κ1) is 22.0. The molecule has 3 aromatic rings. The van der Waals surface area contributed by atoms with Crippen LogP contribution < -0.4 is 4.74 Å². The third kappa shape index (κ3) is 5.28. The quantitative estimate of drug-likeness (QED) is 0.175. The van der Waals surface area contributed by atoms with Crippen molar-refractivity contribution in [3.05, 3.63) is 86.7 Å². The molecule has 2 aromatic carbocycles. The second kappa shape index (κ2) is 9.90. The van der Waals surface area contributed by atoms with E-state index >= 15 is 0 Å². The van der Waals surface area contributed by atoms with Crippen LogP contribution in [0.4, 0.5) is 0 Å². The monoisotopic (exact) mass is 488 g/mol. The highest BCUT2D eigenvalue weighted by atomic mass is 79.9. The smallest absolute Gasteiger partial charge is 0.220 e. The van der Waals surface area contributed by atoms with Gasteiger partial charge in [-0.25, -0.2) is 0 Å². The van der Waals surface area contributed by atoms with Crippen LogP contribution in [0.3, 0.4) is 0 Å². The fourth-order valence-electron chi connectivity index (χ4n) is 2.92. The minimum Gasteiger partial charge on any atom is -0.489 e. The molecular weight excluding hydrogens is 468 g/mol. The highest BCUT2D eigenvalue weighted by molar-refractivity contribution is 9.10. The summed E-state index contributed by atoms with van der Waals surface area (Å²) in [6.07, 6.45) is 1.64. The Morgan fingerprint density at radius 1 is 1.27 bits per heavy atom. The van der Waals surface area contributed by atoms with E-state index in [0.717, 1.165) is 15.7 Å². The Kier molecular flexibility index (Phi) is 7.28. The molecule has 7 nitrogen and oxygen atoms in total. The van der Waals surface area contributed by atoms with E-state index in [2.05, 4.69) is 32.7 Å². The van der Waals surface area contributed by atoms with Gasteiger partial charge in [-0.2, -0.15) is 0 Å². The summed E-state index contributed by atoms with van der Waals surface area (Å²) in [7, 11) is 0. The number of halogens is 1. The van der Waals surface area contributed by atoms with E-state index in [1.807, 2.05) is 54.8 Å². The van der Waals surface area contributed by atoms with Gasteiger partial charge in [0.25, 0.3) is 0 Å². The molecule has 156 valence electrons. The lowest BCUT2D eigenvalue weighted by Crippen LogP contribution is -2.12. The zero-order chi connectivity index (χ0) is 21.7. The van der Waals surface area contributed by atoms with Gasteiger partial charge in [-0.3, -0.25) is 14.7 Å². The van der Waals surface area contributed by atoms with Crippen LogP contribution in [0.1, 0.15) is 22.2 Å². The molecule has 0 aliphatic rings. The normalized spacial score (nSPS) is 11.8. The topological polar surface area (TPSA) is 83.1 Å². The molecule has 0 bridgehead atoms. The molecule has 0 unspecified atom stereocenters. The van der Waals surface area contributed by atoms with E-state index in [-0.39, 0.29) is 11.5 Å². The number of ether oxygens (including phenoxy) is 1. The summed E-state index contributed by atoms with van der Waals surface area (Å²) in [5.74, 6) is 1.29. The van der Waals surface area contributed by atoms with Gasteiger partial charge in [0.05, 0.1) is 0 Å². The standard InChI is InChI=1S/C21H21BrN4O3S/c1-4-11-29-19-10-7-16(22)12-18(19)20(13-25(27)28)30-21-24-23-15(3)26(21)17-8-5-14(2)6-9-17/h4-10,12,20H,1,11,13H2,2-3H3/t20-/m1/s1. The Bertz CT molecular complexity index is 1050. The number of hydrogen-bond donors (Lipinski definition) is 0. The fraction of sp³-hybridized carbons (Fsp3) is 0.238. The molecule has 0 saturated carbocycles. The molecule has 0 radical (unpaired) electrons. The Hall–Kier alpha value is -2.65. The van der Waals surface area contributed by atoms with Crippen LogP contribution in [-0.4, -0.2) is 32.8 Å². The maximum Gasteiger partial charge on any atom is 0.220 e. The average molecular weight is 489 g/mol. The van der Waals surface area contributed by atoms with E-state index in [1.54, 1.807) is 12.1 Å². The largest absolute Gasteiger partial charge is 0.489 e. The number of benzene rings is 2. The maximum absolute atomic E-state index is 11.5. The Morgan fingerprint density at radius 2 is 2.00 bits per heavy atom. The van der Waals surface area contributed by atoms with Gasteiger partial charge < -0.3 is 4.74 Å². The molecule has 1 aromatic heterocycles. The third-order valence-corrected chi connectivity index (χ3v) is 5.98. The molecule has 1 heterocycles. The Balaban J connectivity index is 2.02. The van der Waals surface area contributed by atoms with Crippen molar-refractivity contribution in [3.63, 3.8) is 0 Å². The molecule has 0 spiro atoms. The number of rotatable bonds is 9. The van der Waals surface area contributed by atoms with Crippen molar-refractivity contribution < 1.29 is 9.66 Å². The average Bonchev–Trinajstić information content (AvgIpc) is 3.07. The fourth-order valence-corrected chi connectivity index (χ4v) is 4.49. The number of nitrogens with zero attached hydrogens (tertiary/aromatic N) is 4. The highest BCUT2D eigenvalue weighted by Gasteiger charge is 2.26. The predicted molar refractivity (Wildman–Crippen MR) is 121 cm³/mol. The molecule has 0 N–H and O–H groups in total. The summed E-state index contributed by atoms with van der Waals surface area (Å²) in [5.41, 5.74) is 2.76. The number of aromatic nitrogens is 3. The summed E-state index contributed by atoms with van der Waals surface area (Å²) >= 11 is 4.75. The molecule has 0 aliphatic carbocycles. The van der Waals surface area contributed by atoms with Gasteiger partial charge in [0.15, 0.2) is 5.16 Å². The Labute approximate surface area is 187 Å². The van der Waals surface area contributed by atoms with Crippen LogP contribution in [0.5, 0.6) is 5.75 Å². The van der Waals surface area contributed by atoms with Gasteiger partial charge in [-0.1, -0.05) is 58.0 Å². The number of aryl methyl sites for hydroxylation is 2. The van der Waals surface area contributed by atoms with Crippen molar-refractivity contribution in [2.75, 3.05) is 13.2 Å². The molecule has 30 heavy (non-hydrogen) atoms. The van der Waals surface area contributed by atoms with E-state index in [0.29, 0.717) is 28.9 Å². The van der Waals surface area contributed by atoms with Crippen molar-refractivity contribution in [2.45, 2.75) is 24.3 Å². The lowest BCUT2D eigenvalue weighted by molar-refractivity contribution is -0.479. The first-order valence-electron chi connectivity index (χ1n) is 9.19. The second-order valence-corrected chi connectivity index (χ2v) is 8.69. The molecule has 0 amide bonds. The van der Waals surface area contributed by atoms with E-state index in [4.69, 9.17) is 4.74 Å². The summed E-state index contributed by atoms with van der Waals surface area (Å²) in [6.45, 7) is 7.57. The maximum atomic E-state index is 11.5. The SMILES string of the molecule is C=CCOc1ccc(Br)cc1[C@@H](C[N+](=O)[O-])Sc1nnc(C)n1-c1ccc(C)cc1. The van der Waals surface area contributed by atoms with E-state index in [1.165, 1.54) is 11.8 Å². The second-order valence-electron chi connectivity index (χ2n) is 6.60. The van der Waals surface area contributed by atoms with Crippen LogP contribution in [-0.2, 0) is 0 Å². The van der Waals surface area contributed by atoms with E-state index in [9.17, 15) is 10.1 Å². The zero-order valence-corrected chi connectivity index (χ0v) is 19.0. The van der Waals surface area contributed by atoms with Crippen LogP contribution in [0.2, 0.25) is 0 Å². The summed E-state index contributed by atoms with van der Waals surface area (Å²) in [4.78, 5) is 11.1. The molecule has 0 fully saturated rings. The predicted octanol–water partition coefficient (Wildman–Crippen LogP) is 5.32. The third-order valence-electron chi connectivity index (χ3n) is 4.33. The lowest BCUT2D eigenvalue weighted by atomic mass is 10.1. The molecule has 0 saturated heterocycles. The van der Waals surface area contributed by atoms with Crippen LogP contribution in [0.25, 0.3) is 5.69 Å². The van der Waals surface area contributed by atoms with Gasteiger partial charge in [-0.05, 0) is 44.2 Å². The summed E-state index contributed by atoms with van der Waals surface area (Å²) in [5, 5.41) is 20.0. The molecular formula is C21H21BrN4O3S. The first-order chi connectivity index (χ1) is 14.4. The minimum absolute atomic E-state index is 0.286. The summed E-state index contributed by atoms with van der Waals surface area (Å²) < 4.78 is 8.47. The first-order valence-corrected chi connectivity index (χ1v) is 10.9. The molecule has 1 atom stereocenters. The lowest BCUT2D eigenvalue weighted by Gasteiger charge is -2.18. The van der Waals surface area contributed by atoms with Crippen molar-refractivity contribution in [3.8, 4) is 11.4 Å². The van der Waals surface area contributed by atoms with Crippen molar-refractivity contribution in [1.29, 1.82) is 0 Å². The van der Waals surface area contributed by atoms with Crippen LogP contribution in [0.15, 0.2) is 64.7 Å². The van der Waals surface area contributed by atoms with Crippen molar-refractivity contribution >= 4 is 27.7 Å². The Morgan fingerprint density at radius 3 is 2.67 bits per heavy atom. The minimum atomic E-state index is -0.523. The van der Waals surface area contributed by atoms with Crippen molar-refractivity contribution in [2.24, 2.45) is 0 Å². The summed E-state index contributed by atoms with van der Waals surface area (Å²) in [6, 6.07) is 13.5. The number of thioether (sulfide) groups is 1. The van der Waals surface area contributed by atoms with Gasteiger partial charge in [0, 0.05) is 20.6 Å². The highest BCUT2D eigenvalue weighted by Crippen LogP contribution is 2.41. The zero-order valence-electron chi connectivity index (χ0n) is 16.6. The molecule has 9 heteroatoms. The van der Waals surface area contributed by atoms with E-state index < -0.39 is 5.25 Å². The van der Waals surface area contributed by atoms with Gasteiger partial charge >= 0.3 is 0 Å². The molecule has 0 aliphatic heterocycles. The van der Waals surface area contributed by atoms with Crippen LogP contribution >= 0.6 is 27.7 Å². The van der Waals surface area contributed by atoms with Crippen LogP contribution in [0, 0.1) is 24.0 Å². The number of nitro groups is 1. The van der Waals surface area contributed by atoms with Crippen molar-refractivity contribution in [1.82, 2.24) is 14.8 Å². The van der Waals surface area contributed by atoms with Gasteiger partial charge in [0.2, 0.25) is 6.54 Å². The van der Waals surface area contributed by atoms with Gasteiger partial charge in [0.1, 0.15) is 23.4 Å². The van der Waals surface area contributed by atoms with Gasteiger partial charge in [-0.15, -0.1) is 10.2 Å². The number of hydrogen-bond acceptors (Lipinski definition) is 6. The molecule has 3 rings (SSSR count).